The van der Waals surface area contributed by atoms with Gasteiger partial charge in [-0.1, -0.05) is 104 Å². The zero-order valence-electron chi connectivity index (χ0n) is 30.4. The smallest absolute Gasteiger partial charge is 0.275 e. The number of carbonyl (C=O) groups is 1. The van der Waals surface area contributed by atoms with Crippen LogP contribution in [0.1, 0.15) is 107 Å². The van der Waals surface area contributed by atoms with Crippen molar-refractivity contribution in [2.24, 2.45) is 4.99 Å². The SMILES string of the molecule is CCCCCCCCCCCCOc1ccc(Cl)cc1NC(=O)C(=Nc1ccc(N(CC)CC)cc1OC)c1c(C)c(Cl)c(C)c(Br)c1C. The molecule has 0 aliphatic heterocycles. The zero-order chi connectivity index (χ0) is 35.9. The minimum Gasteiger partial charge on any atom is -0.494 e. The molecule has 0 fully saturated rings. The molecule has 0 heterocycles. The van der Waals surface area contributed by atoms with Crippen molar-refractivity contribution >= 4 is 67.8 Å². The minimum absolute atomic E-state index is 0.201. The maximum atomic E-state index is 14.4. The number of aliphatic imine (C=N–C) groups is 1. The lowest BCUT2D eigenvalue weighted by Gasteiger charge is -2.22. The molecule has 0 saturated heterocycles. The average molecular weight is 776 g/mol. The molecule has 3 aromatic rings. The van der Waals surface area contributed by atoms with E-state index in [9.17, 15) is 4.79 Å². The third-order valence-corrected chi connectivity index (χ3v) is 11.0. The van der Waals surface area contributed by atoms with Gasteiger partial charge in [0.05, 0.1) is 19.4 Å². The first-order valence-corrected chi connectivity index (χ1v) is 19.3. The Morgan fingerprint density at radius 1 is 0.816 bits per heavy atom. The summed E-state index contributed by atoms with van der Waals surface area (Å²) < 4.78 is 12.8. The monoisotopic (exact) mass is 773 g/mol. The summed E-state index contributed by atoms with van der Waals surface area (Å²) in [6, 6.07) is 11.1. The summed E-state index contributed by atoms with van der Waals surface area (Å²) in [5.74, 6) is 0.704. The van der Waals surface area contributed by atoms with E-state index >= 15 is 0 Å². The Morgan fingerprint density at radius 3 is 2.06 bits per heavy atom. The highest BCUT2D eigenvalue weighted by Gasteiger charge is 2.25. The van der Waals surface area contributed by atoms with Crippen LogP contribution in [0.3, 0.4) is 0 Å². The molecule has 0 bridgehead atoms. The molecule has 9 heteroatoms. The minimum atomic E-state index is -0.418. The van der Waals surface area contributed by atoms with E-state index in [2.05, 4.69) is 46.9 Å². The Balaban J connectivity index is 1.90. The van der Waals surface area contributed by atoms with Crippen LogP contribution < -0.4 is 19.7 Å². The summed E-state index contributed by atoms with van der Waals surface area (Å²) in [6.45, 7) is 14.6. The van der Waals surface area contributed by atoms with Gasteiger partial charge in [-0.25, -0.2) is 4.99 Å². The lowest BCUT2D eigenvalue weighted by Crippen LogP contribution is -2.26. The van der Waals surface area contributed by atoms with Crippen molar-refractivity contribution in [3.05, 3.63) is 73.2 Å². The molecule has 3 rings (SSSR count). The number of nitrogens with one attached hydrogen (secondary N) is 1. The Bertz CT molecular complexity index is 1540. The highest BCUT2D eigenvalue weighted by molar-refractivity contribution is 9.10. The van der Waals surface area contributed by atoms with Crippen LogP contribution in [0.2, 0.25) is 10.0 Å². The highest BCUT2D eigenvalue weighted by Crippen LogP contribution is 2.38. The molecule has 0 spiro atoms. The molecule has 0 aromatic heterocycles. The van der Waals surface area contributed by atoms with Gasteiger partial charge in [0, 0.05) is 44.9 Å². The lowest BCUT2D eigenvalue weighted by atomic mass is 9.95. The van der Waals surface area contributed by atoms with Crippen molar-refractivity contribution in [3.63, 3.8) is 0 Å². The molecular formula is C40H54BrCl2N3O3. The van der Waals surface area contributed by atoms with Gasteiger partial charge in [-0.2, -0.15) is 0 Å². The summed E-state index contributed by atoms with van der Waals surface area (Å²) in [4.78, 5) is 21.6. The van der Waals surface area contributed by atoms with Crippen LogP contribution >= 0.6 is 39.1 Å². The molecular weight excluding hydrogens is 721 g/mol. The van der Waals surface area contributed by atoms with E-state index in [1.165, 1.54) is 51.4 Å². The molecule has 49 heavy (non-hydrogen) atoms. The number of hydrogen-bond acceptors (Lipinski definition) is 5. The number of ether oxygens (including phenoxy) is 2. The predicted octanol–water partition coefficient (Wildman–Crippen LogP) is 12.6. The van der Waals surface area contributed by atoms with Crippen molar-refractivity contribution in [1.82, 2.24) is 0 Å². The van der Waals surface area contributed by atoms with Crippen LogP contribution in [-0.4, -0.2) is 38.4 Å². The molecule has 0 atom stereocenters. The molecule has 0 aliphatic rings. The van der Waals surface area contributed by atoms with E-state index in [0.29, 0.717) is 45.1 Å². The summed E-state index contributed by atoms with van der Waals surface area (Å²) in [6.07, 6.45) is 12.5. The summed E-state index contributed by atoms with van der Waals surface area (Å²) in [7, 11) is 1.61. The number of carbonyl (C=O) groups excluding carboxylic acids is 1. The highest BCUT2D eigenvalue weighted by atomic mass is 79.9. The molecule has 0 unspecified atom stereocenters. The van der Waals surface area contributed by atoms with E-state index in [1.54, 1.807) is 25.3 Å². The van der Waals surface area contributed by atoms with Crippen molar-refractivity contribution < 1.29 is 14.3 Å². The second-order valence-electron chi connectivity index (χ2n) is 12.5. The van der Waals surface area contributed by atoms with Gasteiger partial charge >= 0.3 is 0 Å². The van der Waals surface area contributed by atoms with Gasteiger partial charge in [0.2, 0.25) is 0 Å². The standard InChI is InChI=1S/C40H54BrCl2N3O3/c1-8-11-12-13-14-15-16-17-18-19-24-49-34-23-20-30(42)25-33(34)45-40(47)39(36-27(4)37(41)29(6)38(43)28(36)5)44-32-22-21-31(26-35(32)48-7)46(9-2)10-3/h20-23,25-26H,8-19,24H2,1-7H3,(H,45,47). The third kappa shape index (κ3) is 11.4. The number of amides is 1. The third-order valence-electron chi connectivity index (χ3n) is 8.99. The number of methoxy groups -OCH3 is 1. The van der Waals surface area contributed by atoms with Crippen LogP contribution in [0.25, 0.3) is 0 Å². The maximum Gasteiger partial charge on any atom is 0.275 e. The number of unbranched alkanes of at least 4 members (excludes halogenated alkanes) is 9. The first-order chi connectivity index (χ1) is 23.6. The van der Waals surface area contributed by atoms with Gasteiger partial charge in [-0.15, -0.1) is 0 Å². The quantitative estimate of drug-likeness (QED) is 0.0917. The fraction of sp³-hybridized carbons (Fsp3) is 0.500. The van der Waals surface area contributed by atoms with Crippen molar-refractivity contribution in [1.29, 1.82) is 0 Å². The van der Waals surface area contributed by atoms with Crippen molar-refractivity contribution in [2.75, 3.05) is 37.0 Å². The topological polar surface area (TPSA) is 63.2 Å². The van der Waals surface area contributed by atoms with Crippen LogP contribution in [0.5, 0.6) is 11.5 Å². The van der Waals surface area contributed by atoms with Crippen molar-refractivity contribution in [2.45, 2.75) is 106 Å². The molecule has 1 N–H and O–H groups in total. The molecule has 0 aliphatic carbocycles. The van der Waals surface area contributed by atoms with E-state index in [-0.39, 0.29) is 5.71 Å². The van der Waals surface area contributed by atoms with Crippen LogP contribution in [-0.2, 0) is 4.79 Å². The van der Waals surface area contributed by atoms with E-state index in [4.69, 9.17) is 37.7 Å². The van der Waals surface area contributed by atoms with E-state index in [1.807, 2.05) is 39.0 Å². The molecule has 0 radical (unpaired) electrons. The second-order valence-corrected chi connectivity index (χ2v) is 14.1. The van der Waals surface area contributed by atoms with Gasteiger partial charge < -0.3 is 19.7 Å². The number of benzene rings is 3. The Labute approximate surface area is 313 Å². The number of nitrogens with zero attached hydrogens (tertiary/aromatic N) is 2. The van der Waals surface area contributed by atoms with Crippen molar-refractivity contribution in [3.8, 4) is 11.5 Å². The summed E-state index contributed by atoms with van der Waals surface area (Å²) in [5.41, 5.74) is 5.39. The van der Waals surface area contributed by atoms with E-state index in [0.717, 1.165) is 52.8 Å². The molecule has 1 amide bonds. The summed E-state index contributed by atoms with van der Waals surface area (Å²) in [5, 5.41) is 4.12. The number of halogens is 3. The fourth-order valence-corrected chi connectivity index (χ4v) is 6.95. The number of anilines is 2. The average Bonchev–Trinajstić information content (AvgIpc) is 3.10. The zero-order valence-corrected chi connectivity index (χ0v) is 33.5. The van der Waals surface area contributed by atoms with Crippen LogP contribution in [0.15, 0.2) is 45.9 Å². The Hall–Kier alpha value is -2.74. The first kappa shape index (κ1) is 40.7. The van der Waals surface area contributed by atoms with Crippen LogP contribution in [0.4, 0.5) is 17.1 Å². The maximum absolute atomic E-state index is 14.4. The van der Waals surface area contributed by atoms with Gasteiger partial charge in [0.15, 0.2) is 0 Å². The Morgan fingerprint density at radius 2 is 1.45 bits per heavy atom. The molecule has 0 saturated carbocycles. The van der Waals surface area contributed by atoms with Crippen LogP contribution in [0, 0.1) is 20.8 Å². The fourth-order valence-electron chi connectivity index (χ4n) is 6.08. The normalized spacial score (nSPS) is 11.5. The molecule has 3 aromatic carbocycles. The van der Waals surface area contributed by atoms with Gasteiger partial charge in [0.1, 0.15) is 22.9 Å². The van der Waals surface area contributed by atoms with Gasteiger partial charge in [-0.3, -0.25) is 4.79 Å². The van der Waals surface area contributed by atoms with Gasteiger partial charge in [0.25, 0.3) is 5.91 Å². The lowest BCUT2D eigenvalue weighted by molar-refractivity contribution is -0.110. The largest absolute Gasteiger partial charge is 0.494 e. The molecule has 268 valence electrons. The second kappa shape index (κ2) is 20.8. The summed E-state index contributed by atoms with van der Waals surface area (Å²) >= 11 is 17.0. The Kier molecular flexibility index (Phi) is 17.3. The van der Waals surface area contributed by atoms with Gasteiger partial charge in [-0.05, 0) is 88.1 Å². The van der Waals surface area contributed by atoms with E-state index < -0.39 is 5.91 Å². The molecule has 6 nitrogen and oxygen atoms in total. The first-order valence-electron chi connectivity index (χ1n) is 17.8. The predicted molar refractivity (Wildman–Crippen MR) is 214 cm³/mol. The number of rotatable bonds is 20. The number of hydrogen-bond donors (Lipinski definition) is 1.